The van der Waals surface area contributed by atoms with E-state index >= 15 is 0 Å². The molecular formula is C20H19BrN2O4. The predicted molar refractivity (Wildman–Crippen MR) is 101 cm³/mol. The second-order valence-corrected chi connectivity index (χ2v) is 8.54. The van der Waals surface area contributed by atoms with Crippen molar-refractivity contribution in [3.63, 3.8) is 0 Å². The van der Waals surface area contributed by atoms with Crippen molar-refractivity contribution < 1.29 is 19.1 Å². The minimum atomic E-state index is -0.239. The molecule has 0 N–H and O–H groups in total. The number of hydrazone groups is 1. The fourth-order valence-corrected chi connectivity index (χ4v) is 5.80. The molecule has 1 saturated heterocycles. The SMILES string of the molecule is COc1cc(OC)c(/C=N\N2C(=O)[C@@H]3[C@@H](C2=O)[C@@H]2C=C[C@H]3C23CC3)cc1Br. The maximum atomic E-state index is 12.9. The summed E-state index contributed by atoms with van der Waals surface area (Å²) in [6.45, 7) is 0. The van der Waals surface area contributed by atoms with Gasteiger partial charge in [-0.25, -0.2) is 0 Å². The molecule has 2 bridgehead atoms. The van der Waals surface area contributed by atoms with E-state index < -0.39 is 0 Å². The van der Waals surface area contributed by atoms with Gasteiger partial charge >= 0.3 is 0 Å². The van der Waals surface area contributed by atoms with Crippen molar-refractivity contribution in [2.45, 2.75) is 12.8 Å². The van der Waals surface area contributed by atoms with Crippen molar-refractivity contribution in [1.82, 2.24) is 5.01 Å². The van der Waals surface area contributed by atoms with Crippen LogP contribution < -0.4 is 9.47 Å². The van der Waals surface area contributed by atoms with Crippen LogP contribution in [0.3, 0.4) is 0 Å². The third-order valence-electron chi connectivity index (χ3n) is 6.65. The molecule has 0 aromatic heterocycles. The van der Waals surface area contributed by atoms with E-state index in [2.05, 4.69) is 33.2 Å². The van der Waals surface area contributed by atoms with Gasteiger partial charge in [0, 0.05) is 11.6 Å². The summed E-state index contributed by atoms with van der Waals surface area (Å²) in [6.07, 6.45) is 8.07. The van der Waals surface area contributed by atoms with Crippen LogP contribution in [0.2, 0.25) is 0 Å². The maximum Gasteiger partial charge on any atom is 0.254 e. The first-order chi connectivity index (χ1) is 13.0. The third-order valence-corrected chi connectivity index (χ3v) is 7.27. The quantitative estimate of drug-likeness (QED) is 0.418. The summed E-state index contributed by atoms with van der Waals surface area (Å²) in [5, 5.41) is 5.31. The van der Waals surface area contributed by atoms with Crippen LogP contribution in [0.15, 0.2) is 33.9 Å². The van der Waals surface area contributed by atoms with Crippen LogP contribution in [0.4, 0.5) is 0 Å². The average molecular weight is 431 g/mol. The molecule has 4 aliphatic rings. The Kier molecular flexibility index (Phi) is 3.57. The minimum Gasteiger partial charge on any atom is -0.496 e. The summed E-state index contributed by atoms with van der Waals surface area (Å²) in [6, 6.07) is 3.52. The van der Waals surface area contributed by atoms with E-state index in [1.165, 1.54) is 6.21 Å². The van der Waals surface area contributed by atoms with Crippen LogP contribution in [0.25, 0.3) is 0 Å². The van der Waals surface area contributed by atoms with E-state index in [4.69, 9.17) is 9.47 Å². The van der Waals surface area contributed by atoms with Gasteiger partial charge in [0.1, 0.15) is 11.5 Å². The van der Waals surface area contributed by atoms with E-state index in [-0.39, 0.29) is 40.9 Å². The fraction of sp³-hybridized carbons (Fsp3) is 0.450. The molecule has 1 aromatic carbocycles. The maximum absolute atomic E-state index is 12.9. The normalized spacial score (nSPS) is 32.0. The number of benzene rings is 1. The molecule has 0 unspecified atom stereocenters. The Morgan fingerprint density at radius 3 is 2.19 bits per heavy atom. The van der Waals surface area contributed by atoms with Gasteiger partial charge in [-0.05, 0) is 52.1 Å². The number of allylic oxidation sites excluding steroid dienone is 2. The van der Waals surface area contributed by atoms with Gasteiger partial charge in [0.2, 0.25) is 0 Å². The first-order valence-corrected chi connectivity index (χ1v) is 9.83. The van der Waals surface area contributed by atoms with E-state index in [9.17, 15) is 9.59 Å². The van der Waals surface area contributed by atoms with Crippen LogP contribution >= 0.6 is 15.9 Å². The molecule has 1 spiro atoms. The molecule has 3 fully saturated rings. The number of halogens is 1. The number of carbonyl (C=O) groups excluding carboxylic acids is 2. The van der Waals surface area contributed by atoms with Crippen LogP contribution in [0.1, 0.15) is 18.4 Å². The number of carbonyl (C=O) groups is 2. The summed E-state index contributed by atoms with van der Waals surface area (Å²) in [4.78, 5) is 25.9. The molecule has 1 heterocycles. The molecule has 2 saturated carbocycles. The molecule has 5 rings (SSSR count). The number of hydrogen-bond donors (Lipinski definition) is 0. The number of ether oxygens (including phenoxy) is 2. The Hall–Kier alpha value is -2.15. The summed E-state index contributed by atoms with van der Waals surface area (Å²) >= 11 is 3.43. The summed E-state index contributed by atoms with van der Waals surface area (Å²) in [5.74, 6) is 0.767. The first kappa shape index (κ1) is 17.0. The van der Waals surface area contributed by atoms with E-state index in [1.807, 2.05) is 0 Å². The van der Waals surface area contributed by atoms with Gasteiger partial charge in [0.05, 0.1) is 36.7 Å². The Balaban J connectivity index is 1.44. The lowest BCUT2D eigenvalue weighted by atomic mass is 9.85. The molecule has 1 aliphatic heterocycles. The van der Waals surface area contributed by atoms with Crippen LogP contribution in [0, 0.1) is 29.1 Å². The van der Waals surface area contributed by atoms with E-state index in [0.29, 0.717) is 17.1 Å². The molecule has 140 valence electrons. The average Bonchev–Trinajstić information content (AvgIpc) is 3.27. The van der Waals surface area contributed by atoms with Crippen LogP contribution in [-0.2, 0) is 9.59 Å². The van der Waals surface area contributed by atoms with Gasteiger partial charge in [0.15, 0.2) is 0 Å². The fourth-order valence-electron chi connectivity index (χ4n) is 5.28. The zero-order chi connectivity index (χ0) is 18.9. The van der Waals surface area contributed by atoms with Gasteiger partial charge < -0.3 is 9.47 Å². The lowest BCUT2D eigenvalue weighted by Crippen LogP contribution is -2.30. The molecule has 3 aliphatic carbocycles. The monoisotopic (exact) mass is 430 g/mol. The highest BCUT2D eigenvalue weighted by Gasteiger charge is 2.73. The number of fused-ring (bicyclic) bond motifs is 3. The number of hydrogen-bond acceptors (Lipinski definition) is 5. The zero-order valence-electron chi connectivity index (χ0n) is 15.0. The summed E-state index contributed by atoms with van der Waals surface area (Å²) in [7, 11) is 3.12. The zero-order valence-corrected chi connectivity index (χ0v) is 16.6. The van der Waals surface area contributed by atoms with E-state index in [1.54, 1.807) is 26.4 Å². The third kappa shape index (κ3) is 2.15. The number of amides is 2. The van der Waals surface area contributed by atoms with Gasteiger partial charge in [-0.2, -0.15) is 10.1 Å². The Labute approximate surface area is 165 Å². The Bertz CT molecular complexity index is 887. The Morgan fingerprint density at radius 1 is 1.07 bits per heavy atom. The van der Waals surface area contributed by atoms with E-state index in [0.717, 1.165) is 22.3 Å². The minimum absolute atomic E-state index is 0.170. The van der Waals surface area contributed by atoms with Crippen LogP contribution in [0.5, 0.6) is 11.5 Å². The largest absolute Gasteiger partial charge is 0.496 e. The molecule has 6 nitrogen and oxygen atoms in total. The van der Waals surface area contributed by atoms with Gasteiger partial charge in [-0.3, -0.25) is 9.59 Å². The summed E-state index contributed by atoms with van der Waals surface area (Å²) in [5.41, 5.74) is 0.850. The molecule has 1 aromatic rings. The summed E-state index contributed by atoms with van der Waals surface area (Å²) < 4.78 is 11.4. The second-order valence-electron chi connectivity index (χ2n) is 7.68. The predicted octanol–water partition coefficient (Wildman–Crippen LogP) is 3.00. The van der Waals surface area contributed by atoms with Crippen molar-refractivity contribution in [2.75, 3.05) is 14.2 Å². The van der Waals surface area contributed by atoms with Gasteiger partial charge in [-0.1, -0.05) is 12.2 Å². The highest BCUT2D eigenvalue weighted by Crippen LogP contribution is 2.73. The lowest BCUT2D eigenvalue weighted by Gasteiger charge is -2.18. The van der Waals surface area contributed by atoms with Crippen molar-refractivity contribution >= 4 is 34.0 Å². The van der Waals surface area contributed by atoms with Crippen LogP contribution in [-0.4, -0.2) is 37.3 Å². The molecule has 4 atom stereocenters. The number of imide groups is 1. The highest BCUT2D eigenvalue weighted by molar-refractivity contribution is 9.10. The van der Waals surface area contributed by atoms with Gasteiger partial charge in [0.25, 0.3) is 11.8 Å². The molecule has 2 amide bonds. The molecule has 27 heavy (non-hydrogen) atoms. The molecular weight excluding hydrogens is 412 g/mol. The molecule has 0 radical (unpaired) electrons. The van der Waals surface area contributed by atoms with Crippen molar-refractivity contribution in [3.05, 3.63) is 34.3 Å². The smallest absolute Gasteiger partial charge is 0.254 e. The second kappa shape index (κ2) is 5.67. The van der Waals surface area contributed by atoms with Crippen molar-refractivity contribution in [3.8, 4) is 11.5 Å². The number of rotatable bonds is 4. The highest BCUT2D eigenvalue weighted by atomic mass is 79.9. The first-order valence-electron chi connectivity index (χ1n) is 9.03. The van der Waals surface area contributed by atoms with Gasteiger partial charge in [-0.15, -0.1) is 0 Å². The lowest BCUT2D eigenvalue weighted by molar-refractivity contribution is -0.141. The van der Waals surface area contributed by atoms with Crippen molar-refractivity contribution in [2.24, 2.45) is 34.2 Å². The number of methoxy groups -OCH3 is 2. The molecule has 7 heteroatoms. The topological polar surface area (TPSA) is 68.2 Å². The standard InChI is InChI=1S/C20H19BrN2O4/c1-26-14-8-15(27-2)13(21)7-10(14)9-22-23-18(24)16-11-3-4-12(17(16)19(23)25)20(11)5-6-20/h3-4,7-9,11-12,16-17H,5-6H2,1-2H3/b22-9-/t11-,12+,16-,17-/m0/s1. The number of nitrogens with zero attached hydrogens (tertiary/aromatic N) is 2. The Morgan fingerprint density at radius 2 is 1.67 bits per heavy atom. The van der Waals surface area contributed by atoms with Crippen molar-refractivity contribution in [1.29, 1.82) is 0 Å².